The van der Waals surface area contributed by atoms with Gasteiger partial charge in [-0.1, -0.05) is 146 Å². The zero-order chi connectivity index (χ0) is 36.3. The van der Waals surface area contributed by atoms with Crippen LogP contribution in [0, 0.1) is 0 Å². The SMILES string of the molecule is c1ccc2c(N(c3ccc(-c4ccc(-c5cccc6c5oc5ccccc56)cc4)cc3)c3ccc(-c4ccc5oc6ccccc6c5c4)cc3)cccc2c1. The molecule has 0 radical (unpaired) electrons. The number of benzene rings is 9. The van der Waals surface area contributed by atoms with E-state index in [-0.39, 0.29) is 0 Å². The van der Waals surface area contributed by atoms with Crippen molar-refractivity contribution < 1.29 is 8.83 Å². The molecule has 3 nitrogen and oxygen atoms in total. The lowest BCUT2D eigenvalue weighted by atomic mass is 9.98. The zero-order valence-electron chi connectivity index (χ0n) is 29.8. The monoisotopic (exact) mass is 703 g/mol. The fourth-order valence-electron chi connectivity index (χ4n) is 8.16. The fraction of sp³-hybridized carbons (Fsp3) is 0. The third kappa shape index (κ3) is 5.28. The van der Waals surface area contributed by atoms with Crippen LogP contribution in [0.5, 0.6) is 0 Å². The molecule has 0 aliphatic rings. The predicted octanol–water partition coefficient (Wildman–Crippen LogP) is 15.1. The molecule has 0 amide bonds. The molecule has 2 aromatic heterocycles. The lowest BCUT2D eigenvalue weighted by Gasteiger charge is -2.27. The summed E-state index contributed by atoms with van der Waals surface area (Å²) in [6.45, 7) is 0. The molecule has 0 spiro atoms. The Morgan fingerprint density at radius 1 is 0.309 bits per heavy atom. The maximum atomic E-state index is 6.34. The van der Waals surface area contributed by atoms with Gasteiger partial charge in [-0.15, -0.1) is 0 Å². The van der Waals surface area contributed by atoms with Crippen molar-refractivity contribution in [2.75, 3.05) is 4.90 Å². The molecule has 0 bridgehead atoms. The average molecular weight is 704 g/mol. The minimum absolute atomic E-state index is 0.906. The summed E-state index contributed by atoms with van der Waals surface area (Å²) in [6.07, 6.45) is 0. The highest BCUT2D eigenvalue weighted by Crippen LogP contribution is 2.41. The number of furan rings is 2. The lowest BCUT2D eigenvalue weighted by molar-refractivity contribution is 0.669. The summed E-state index contributed by atoms with van der Waals surface area (Å²) in [5, 5.41) is 6.96. The van der Waals surface area contributed by atoms with Crippen LogP contribution in [0.25, 0.3) is 88.0 Å². The number of fused-ring (bicyclic) bond motifs is 7. The first-order valence-electron chi connectivity index (χ1n) is 18.7. The highest BCUT2D eigenvalue weighted by molar-refractivity contribution is 6.10. The Hall–Kier alpha value is -7.36. The number of rotatable bonds is 6. The molecule has 2 heterocycles. The van der Waals surface area contributed by atoms with Gasteiger partial charge in [-0.05, 0) is 87.8 Å². The van der Waals surface area contributed by atoms with Crippen LogP contribution in [-0.2, 0) is 0 Å². The van der Waals surface area contributed by atoms with Gasteiger partial charge >= 0.3 is 0 Å². The second kappa shape index (κ2) is 12.6. The highest BCUT2D eigenvalue weighted by Gasteiger charge is 2.17. The Bertz CT molecular complexity index is 3180. The summed E-state index contributed by atoms with van der Waals surface area (Å²) in [7, 11) is 0. The quantitative estimate of drug-likeness (QED) is 0.173. The minimum atomic E-state index is 0.906. The van der Waals surface area contributed by atoms with Crippen molar-refractivity contribution in [1.82, 2.24) is 0 Å². The van der Waals surface area contributed by atoms with Gasteiger partial charge in [0.25, 0.3) is 0 Å². The molecule has 55 heavy (non-hydrogen) atoms. The van der Waals surface area contributed by atoms with Gasteiger partial charge in [0.2, 0.25) is 0 Å². The molecule has 0 saturated carbocycles. The van der Waals surface area contributed by atoms with Crippen LogP contribution in [0.3, 0.4) is 0 Å². The number of hydrogen-bond donors (Lipinski definition) is 0. The van der Waals surface area contributed by atoms with Gasteiger partial charge in [0.1, 0.15) is 22.3 Å². The number of hydrogen-bond acceptors (Lipinski definition) is 3. The minimum Gasteiger partial charge on any atom is -0.456 e. The molecule has 0 unspecified atom stereocenters. The summed E-state index contributed by atoms with van der Waals surface area (Å²) >= 11 is 0. The van der Waals surface area contributed by atoms with E-state index in [9.17, 15) is 0 Å². The normalized spacial score (nSPS) is 11.6. The highest BCUT2D eigenvalue weighted by atomic mass is 16.3. The first-order valence-corrected chi connectivity index (χ1v) is 18.7. The van der Waals surface area contributed by atoms with E-state index in [0.29, 0.717) is 0 Å². The third-order valence-corrected chi connectivity index (χ3v) is 10.9. The molecule has 9 aromatic carbocycles. The summed E-state index contributed by atoms with van der Waals surface area (Å²) in [6, 6.07) is 71.1. The molecule has 258 valence electrons. The number of nitrogens with zero attached hydrogens (tertiary/aromatic N) is 1. The van der Waals surface area contributed by atoms with E-state index in [1.54, 1.807) is 0 Å². The smallest absolute Gasteiger partial charge is 0.143 e. The van der Waals surface area contributed by atoms with Gasteiger partial charge < -0.3 is 13.7 Å². The second-order valence-electron chi connectivity index (χ2n) is 14.1. The van der Waals surface area contributed by atoms with Crippen LogP contribution in [0.4, 0.5) is 17.1 Å². The molecular weight excluding hydrogens is 671 g/mol. The van der Waals surface area contributed by atoms with E-state index in [0.717, 1.165) is 94.3 Å². The molecule has 0 saturated heterocycles. The first kappa shape index (κ1) is 31.2. The third-order valence-electron chi connectivity index (χ3n) is 10.9. The van der Waals surface area contributed by atoms with Crippen molar-refractivity contribution in [1.29, 1.82) is 0 Å². The van der Waals surface area contributed by atoms with Crippen molar-refractivity contribution in [3.8, 4) is 33.4 Å². The van der Waals surface area contributed by atoms with Crippen molar-refractivity contribution in [2.45, 2.75) is 0 Å². The first-order chi connectivity index (χ1) is 27.2. The molecule has 11 rings (SSSR count). The second-order valence-corrected chi connectivity index (χ2v) is 14.1. The molecular formula is C52H33NO2. The van der Waals surface area contributed by atoms with Crippen LogP contribution >= 0.6 is 0 Å². The average Bonchev–Trinajstić information content (AvgIpc) is 3.83. The number of para-hydroxylation sites is 3. The Morgan fingerprint density at radius 2 is 0.800 bits per heavy atom. The largest absolute Gasteiger partial charge is 0.456 e. The van der Waals surface area contributed by atoms with E-state index in [4.69, 9.17) is 8.83 Å². The van der Waals surface area contributed by atoms with E-state index in [1.165, 1.54) is 10.8 Å². The maximum Gasteiger partial charge on any atom is 0.143 e. The van der Waals surface area contributed by atoms with Crippen LogP contribution in [0.1, 0.15) is 0 Å². The van der Waals surface area contributed by atoms with Gasteiger partial charge in [0.15, 0.2) is 0 Å². The Labute approximate surface area is 317 Å². The van der Waals surface area contributed by atoms with Gasteiger partial charge in [-0.25, -0.2) is 0 Å². The molecule has 3 heteroatoms. The summed E-state index contributed by atoms with van der Waals surface area (Å²) < 4.78 is 12.4. The van der Waals surface area contributed by atoms with Gasteiger partial charge in [0, 0.05) is 43.9 Å². The Kier molecular flexibility index (Phi) is 7.17. The topological polar surface area (TPSA) is 29.5 Å². The summed E-state index contributed by atoms with van der Waals surface area (Å²) in [5.74, 6) is 0. The summed E-state index contributed by atoms with van der Waals surface area (Å²) in [5.41, 5.74) is 13.8. The van der Waals surface area contributed by atoms with Crippen molar-refractivity contribution >= 4 is 71.7 Å². The molecule has 0 atom stereocenters. The van der Waals surface area contributed by atoms with Crippen molar-refractivity contribution in [3.63, 3.8) is 0 Å². The fourth-order valence-corrected chi connectivity index (χ4v) is 8.16. The van der Waals surface area contributed by atoms with Crippen LogP contribution in [0.2, 0.25) is 0 Å². The van der Waals surface area contributed by atoms with Gasteiger partial charge in [0.05, 0.1) is 5.69 Å². The van der Waals surface area contributed by atoms with Crippen LogP contribution in [-0.4, -0.2) is 0 Å². The summed E-state index contributed by atoms with van der Waals surface area (Å²) in [4.78, 5) is 2.36. The molecule has 0 aliphatic heterocycles. The van der Waals surface area contributed by atoms with Gasteiger partial charge in [-0.2, -0.15) is 0 Å². The van der Waals surface area contributed by atoms with Crippen LogP contribution < -0.4 is 4.90 Å². The maximum absolute atomic E-state index is 6.34. The Morgan fingerprint density at radius 3 is 1.53 bits per heavy atom. The zero-order valence-corrected chi connectivity index (χ0v) is 29.8. The Balaban J connectivity index is 0.945. The van der Waals surface area contributed by atoms with Gasteiger partial charge in [-0.3, -0.25) is 0 Å². The number of anilines is 3. The van der Waals surface area contributed by atoms with E-state index in [1.807, 2.05) is 24.3 Å². The van der Waals surface area contributed by atoms with Crippen LogP contribution in [0.15, 0.2) is 209 Å². The van der Waals surface area contributed by atoms with Crippen molar-refractivity contribution in [3.05, 3.63) is 200 Å². The lowest BCUT2D eigenvalue weighted by Crippen LogP contribution is -2.10. The van der Waals surface area contributed by atoms with E-state index < -0.39 is 0 Å². The molecule has 0 aliphatic carbocycles. The molecule has 0 fully saturated rings. The molecule has 0 N–H and O–H groups in total. The van der Waals surface area contributed by atoms with Crippen molar-refractivity contribution in [2.24, 2.45) is 0 Å². The molecule has 11 aromatic rings. The standard InChI is InChI=1S/C52H33NO2/c1-2-11-42-37(9-1)10-7-16-48(42)53(41-30-25-36(26-31-41)39-27-32-51-47(33-39)45-13-4-5-17-49(45)54-51)40-28-23-35(24-29-40)34-19-21-38(22-20-34)43-14-8-15-46-44-12-3-6-18-50(44)55-52(43)46/h1-33H. The van der Waals surface area contributed by atoms with E-state index >= 15 is 0 Å². The predicted molar refractivity (Wildman–Crippen MR) is 229 cm³/mol. The van der Waals surface area contributed by atoms with E-state index in [2.05, 4.69) is 181 Å².